The molecule has 5 nitrogen and oxygen atoms in total. The molecule has 0 unspecified atom stereocenters. The van der Waals surface area contributed by atoms with Gasteiger partial charge in [-0.15, -0.1) is 11.6 Å². The Morgan fingerprint density at radius 1 is 1.47 bits per heavy atom. The van der Waals surface area contributed by atoms with Crippen molar-refractivity contribution < 1.29 is 13.5 Å². The maximum absolute atomic E-state index is 11.9. The van der Waals surface area contributed by atoms with Gasteiger partial charge in [0.15, 0.2) is 15.7 Å². The third-order valence-electron chi connectivity index (χ3n) is 2.39. The van der Waals surface area contributed by atoms with Crippen molar-refractivity contribution in [1.82, 2.24) is 4.57 Å². The van der Waals surface area contributed by atoms with Crippen LogP contribution in [0.4, 0.5) is 0 Å². The highest BCUT2D eigenvalue weighted by Crippen LogP contribution is 2.17. The van der Waals surface area contributed by atoms with Gasteiger partial charge in [0.2, 0.25) is 0 Å². The van der Waals surface area contributed by atoms with Crippen LogP contribution >= 0.6 is 11.6 Å². The normalized spacial score (nSPS) is 11.7. The summed E-state index contributed by atoms with van der Waals surface area (Å²) in [6.45, 7) is 3.32. The van der Waals surface area contributed by atoms with Crippen molar-refractivity contribution in [3.05, 3.63) is 22.0 Å². The summed E-state index contributed by atoms with van der Waals surface area (Å²) < 4.78 is 24.8. The topological polar surface area (TPSA) is 76.4 Å². The fraction of sp³-hybridized carbons (Fsp3) is 0.500. The summed E-state index contributed by atoms with van der Waals surface area (Å²) in [4.78, 5) is 11.7. The first kappa shape index (κ1) is 14.1. The lowest BCUT2D eigenvalue weighted by Gasteiger charge is -2.11. The van der Waals surface area contributed by atoms with Crippen LogP contribution in [0.1, 0.15) is 12.5 Å². The van der Waals surface area contributed by atoms with E-state index in [4.69, 9.17) is 11.6 Å². The lowest BCUT2D eigenvalue weighted by atomic mass is 10.3. The van der Waals surface area contributed by atoms with Gasteiger partial charge < -0.3 is 5.11 Å². The molecule has 0 aromatic carbocycles. The first-order valence-electron chi connectivity index (χ1n) is 5.07. The van der Waals surface area contributed by atoms with Crippen LogP contribution in [0, 0.1) is 6.92 Å². The average molecular weight is 280 g/mol. The number of aromatic nitrogens is 1. The van der Waals surface area contributed by atoms with Crippen LogP contribution < -0.4 is 5.56 Å². The second-order valence-electron chi connectivity index (χ2n) is 3.57. The second kappa shape index (κ2) is 5.10. The monoisotopic (exact) mass is 279 g/mol. The van der Waals surface area contributed by atoms with Gasteiger partial charge in [0, 0.05) is 18.5 Å². The molecule has 96 valence electrons. The van der Waals surface area contributed by atoms with Gasteiger partial charge in [-0.25, -0.2) is 8.42 Å². The van der Waals surface area contributed by atoms with E-state index in [-0.39, 0.29) is 34.5 Å². The summed E-state index contributed by atoms with van der Waals surface area (Å²) in [6.07, 6.45) is 0. The molecule has 0 saturated heterocycles. The number of nitrogens with zero attached hydrogens (tertiary/aromatic N) is 1. The van der Waals surface area contributed by atoms with Gasteiger partial charge in [0.1, 0.15) is 4.90 Å². The predicted molar refractivity (Wildman–Crippen MR) is 65.6 cm³/mol. The largest absolute Gasteiger partial charge is 0.494 e. The number of hydrogen-bond donors (Lipinski definition) is 1. The van der Waals surface area contributed by atoms with Crippen molar-refractivity contribution >= 4 is 21.4 Å². The Hall–Kier alpha value is -1.01. The Kier molecular flexibility index (Phi) is 4.21. The molecule has 0 amide bonds. The number of halogens is 1. The van der Waals surface area contributed by atoms with Crippen LogP contribution in [0.5, 0.6) is 5.88 Å². The lowest BCUT2D eigenvalue weighted by Crippen LogP contribution is -2.28. The molecule has 0 aliphatic heterocycles. The zero-order chi connectivity index (χ0) is 13.2. The molecule has 1 N–H and O–H groups in total. The Morgan fingerprint density at radius 2 is 2.06 bits per heavy atom. The van der Waals surface area contributed by atoms with E-state index >= 15 is 0 Å². The molecule has 0 fully saturated rings. The minimum atomic E-state index is -3.70. The van der Waals surface area contributed by atoms with Crippen LogP contribution in [0.2, 0.25) is 0 Å². The Balaban J connectivity index is 3.61. The molecule has 1 aromatic rings. The zero-order valence-corrected chi connectivity index (χ0v) is 11.2. The molecule has 0 radical (unpaired) electrons. The summed E-state index contributed by atoms with van der Waals surface area (Å²) in [7, 11) is -3.70. The minimum Gasteiger partial charge on any atom is -0.494 e. The summed E-state index contributed by atoms with van der Waals surface area (Å²) in [5.74, 6) is -0.604. The van der Waals surface area contributed by atoms with E-state index in [1.807, 2.05) is 0 Å². The molecule has 0 spiro atoms. The van der Waals surface area contributed by atoms with Gasteiger partial charge in [0.25, 0.3) is 5.56 Å². The van der Waals surface area contributed by atoms with Crippen molar-refractivity contribution in [3.8, 4) is 5.88 Å². The summed E-state index contributed by atoms with van der Waals surface area (Å²) in [5.41, 5.74) is -0.461. The van der Waals surface area contributed by atoms with E-state index < -0.39 is 15.4 Å². The predicted octanol–water partition coefficient (Wildman–Crippen LogP) is 0.895. The highest BCUT2D eigenvalue weighted by Gasteiger charge is 2.23. The van der Waals surface area contributed by atoms with Gasteiger partial charge in [-0.3, -0.25) is 9.36 Å². The van der Waals surface area contributed by atoms with Crippen molar-refractivity contribution in [3.63, 3.8) is 0 Å². The van der Waals surface area contributed by atoms with E-state index in [9.17, 15) is 18.3 Å². The summed E-state index contributed by atoms with van der Waals surface area (Å²) in [6, 6.07) is 1.27. The van der Waals surface area contributed by atoms with E-state index in [2.05, 4.69) is 0 Å². The fourth-order valence-electron chi connectivity index (χ4n) is 1.62. The van der Waals surface area contributed by atoms with Gasteiger partial charge in [-0.05, 0) is 19.4 Å². The van der Waals surface area contributed by atoms with Crippen LogP contribution in [-0.4, -0.2) is 29.7 Å². The van der Waals surface area contributed by atoms with Gasteiger partial charge >= 0.3 is 0 Å². The average Bonchev–Trinajstić information content (AvgIpc) is 2.16. The summed E-state index contributed by atoms with van der Waals surface area (Å²) in [5, 5.41) is 9.53. The summed E-state index contributed by atoms with van der Waals surface area (Å²) >= 11 is 5.41. The molecule has 0 saturated carbocycles. The number of alkyl halides is 1. The Bertz CT molecular complexity index is 577. The molecule has 1 heterocycles. The third-order valence-corrected chi connectivity index (χ3v) is 4.67. The van der Waals surface area contributed by atoms with Crippen molar-refractivity contribution in [2.24, 2.45) is 0 Å². The highest BCUT2D eigenvalue weighted by atomic mass is 35.5. The molecule has 0 bridgehead atoms. The lowest BCUT2D eigenvalue weighted by molar-refractivity contribution is 0.407. The molecule has 1 aromatic heterocycles. The fourth-order valence-corrected chi connectivity index (χ4v) is 3.56. The standard InChI is InChI=1S/C10H14ClNO4S/c1-3-12-8(13)6-7(2)9(10(12)14)17(15,16)5-4-11/h6,13H,3-5H2,1-2H3. The smallest absolute Gasteiger partial charge is 0.272 e. The van der Waals surface area contributed by atoms with Crippen molar-refractivity contribution in [2.45, 2.75) is 25.3 Å². The number of aryl methyl sites for hydroxylation is 1. The SMILES string of the molecule is CCn1c(O)cc(C)c(S(=O)(=O)CCCl)c1=O. The maximum Gasteiger partial charge on any atom is 0.272 e. The number of aromatic hydroxyl groups is 1. The second-order valence-corrected chi connectivity index (χ2v) is 6.00. The number of pyridine rings is 1. The van der Waals surface area contributed by atoms with Crippen molar-refractivity contribution in [2.75, 3.05) is 11.6 Å². The van der Waals surface area contributed by atoms with Crippen LogP contribution in [0.15, 0.2) is 15.8 Å². The molecule has 7 heteroatoms. The minimum absolute atomic E-state index is 0.0752. The molecular weight excluding hydrogens is 266 g/mol. The molecule has 1 rings (SSSR count). The molecule has 17 heavy (non-hydrogen) atoms. The molecule has 0 aliphatic carbocycles. The number of rotatable bonds is 4. The Labute approximate surface area is 105 Å². The van der Waals surface area contributed by atoms with Crippen LogP contribution in [0.25, 0.3) is 0 Å². The van der Waals surface area contributed by atoms with Gasteiger partial charge in [-0.1, -0.05) is 0 Å². The third kappa shape index (κ3) is 2.63. The first-order valence-corrected chi connectivity index (χ1v) is 7.26. The van der Waals surface area contributed by atoms with E-state index in [1.54, 1.807) is 6.92 Å². The van der Waals surface area contributed by atoms with Crippen LogP contribution in [-0.2, 0) is 16.4 Å². The zero-order valence-electron chi connectivity index (χ0n) is 9.60. The molecule has 0 atom stereocenters. The van der Waals surface area contributed by atoms with E-state index in [0.717, 1.165) is 4.57 Å². The molecular formula is C10H14ClNO4S. The van der Waals surface area contributed by atoms with E-state index in [0.29, 0.717) is 0 Å². The quantitative estimate of drug-likeness (QED) is 0.831. The van der Waals surface area contributed by atoms with Crippen molar-refractivity contribution in [1.29, 1.82) is 0 Å². The van der Waals surface area contributed by atoms with Crippen LogP contribution in [0.3, 0.4) is 0 Å². The van der Waals surface area contributed by atoms with E-state index in [1.165, 1.54) is 13.0 Å². The number of hydrogen-bond acceptors (Lipinski definition) is 4. The maximum atomic E-state index is 11.9. The Morgan fingerprint density at radius 3 is 2.53 bits per heavy atom. The van der Waals surface area contributed by atoms with Gasteiger partial charge in [0.05, 0.1) is 5.75 Å². The molecule has 0 aliphatic rings. The number of sulfone groups is 1. The van der Waals surface area contributed by atoms with Gasteiger partial charge in [-0.2, -0.15) is 0 Å². The first-order chi connectivity index (χ1) is 7.85. The highest BCUT2D eigenvalue weighted by molar-refractivity contribution is 7.91.